The minimum atomic E-state index is -0.465. The highest BCUT2D eigenvalue weighted by molar-refractivity contribution is 8.41. The number of amides is 1. The van der Waals surface area contributed by atoms with Crippen LogP contribution in [0.2, 0.25) is 0 Å². The maximum absolute atomic E-state index is 10.9. The van der Waals surface area contributed by atoms with Crippen molar-refractivity contribution in [1.82, 2.24) is 4.72 Å². The SMILES string of the molecule is CC(C)(C)OC(=O)N[SH2]C(=S)S. The van der Waals surface area contributed by atoms with E-state index in [2.05, 4.69) is 29.6 Å². The Morgan fingerprint density at radius 2 is 2.08 bits per heavy atom. The highest BCUT2D eigenvalue weighted by Gasteiger charge is 2.15. The number of hydrogen-bond acceptors (Lipinski definition) is 3. The first-order valence-corrected chi connectivity index (χ1v) is 5.15. The van der Waals surface area contributed by atoms with Crippen molar-refractivity contribution in [2.75, 3.05) is 0 Å². The molecule has 6 heteroatoms. The molecule has 0 aromatic carbocycles. The van der Waals surface area contributed by atoms with Crippen LogP contribution in [0.15, 0.2) is 0 Å². The van der Waals surface area contributed by atoms with Gasteiger partial charge in [0.2, 0.25) is 0 Å². The predicted octanol–water partition coefficient (Wildman–Crippen LogP) is 1.84. The quantitative estimate of drug-likeness (QED) is 0.490. The maximum Gasteiger partial charge on any atom is 0.416 e. The number of thiocarbonyl (C=S) groups is 1. The van der Waals surface area contributed by atoms with E-state index in [0.717, 1.165) is 0 Å². The number of carbonyl (C=O) groups is 1. The molecule has 0 aromatic rings. The number of carbonyl (C=O) groups excluding carboxylic acids is 1. The average molecular weight is 227 g/mol. The molecule has 3 nitrogen and oxygen atoms in total. The Hall–Kier alpha value is 0.0600. The summed E-state index contributed by atoms with van der Waals surface area (Å²) in [7, 11) is 0. The van der Waals surface area contributed by atoms with Gasteiger partial charge in [-0.1, -0.05) is 12.2 Å². The van der Waals surface area contributed by atoms with Crippen LogP contribution < -0.4 is 4.72 Å². The van der Waals surface area contributed by atoms with Gasteiger partial charge in [0.15, 0.2) is 0 Å². The van der Waals surface area contributed by atoms with E-state index in [0.29, 0.717) is 3.53 Å². The maximum atomic E-state index is 10.9. The number of nitrogens with one attached hydrogen (secondary N) is 1. The minimum absolute atomic E-state index is 0.0260. The number of rotatable bonds is 0. The van der Waals surface area contributed by atoms with E-state index in [1.54, 1.807) is 20.8 Å². The van der Waals surface area contributed by atoms with Crippen molar-refractivity contribution < 1.29 is 9.53 Å². The van der Waals surface area contributed by atoms with Gasteiger partial charge in [-0.25, -0.2) is 4.79 Å². The Morgan fingerprint density at radius 3 is 2.42 bits per heavy atom. The first-order valence-electron chi connectivity index (χ1n) is 3.29. The molecule has 12 heavy (non-hydrogen) atoms. The lowest BCUT2D eigenvalue weighted by molar-refractivity contribution is 0.0575. The van der Waals surface area contributed by atoms with Crippen LogP contribution in [0.3, 0.4) is 0 Å². The average Bonchev–Trinajstić information content (AvgIpc) is 1.79. The second-order valence-electron chi connectivity index (χ2n) is 3.06. The summed E-state index contributed by atoms with van der Waals surface area (Å²) >= 11 is 8.55. The Bertz CT molecular complexity index is 188. The molecule has 0 fully saturated rings. The van der Waals surface area contributed by atoms with Crippen molar-refractivity contribution in [2.45, 2.75) is 26.4 Å². The zero-order valence-electron chi connectivity index (χ0n) is 7.17. The highest BCUT2D eigenvalue weighted by Crippen LogP contribution is 2.09. The standard InChI is InChI=1S/C6H13NO2S3/c1-6(2,3)9-4(8)7-12-5(10)11/h12H2,1-3H3,(H,7,8)(H,10,11). The Labute approximate surface area is 87.2 Å². The van der Waals surface area contributed by atoms with Crippen LogP contribution in [0.5, 0.6) is 0 Å². The summed E-state index contributed by atoms with van der Waals surface area (Å²) in [5.41, 5.74) is -0.465. The topological polar surface area (TPSA) is 38.3 Å². The third-order valence-corrected chi connectivity index (χ3v) is 1.85. The Balaban J connectivity index is 3.68. The van der Waals surface area contributed by atoms with E-state index in [4.69, 9.17) is 4.74 Å². The van der Waals surface area contributed by atoms with Crippen molar-refractivity contribution in [3.05, 3.63) is 0 Å². The summed E-state index contributed by atoms with van der Waals surface area (Å²) in [4.78, 5) is 10.9. The summed E-state index contributed by atoms with van der Waals surface area (Å²) in [6.07, 6.45) is -0.461. The van der Waals surface area contributed by atoms with Crippen molar-refractivity contribution in [3.63, 3.8) is 0 Å². The van der Waals surface area contributed by atoms with Gasteiger partial charge in [0.25, 0.3) is 0 Å². The minimum Gasteiger partial charge on any atom is -0.443 e. The van der Waals surface area contributed by atoms with Crippen LogP contribution >= 0.6 is 36.8 Å². The Kier molecular flexibility index (Phi) is 4.96. The van der Waals surface area contributed by atoms with Crippen molar-refractivity contribution in [2.24, 2.45) is 0 Å². The molecule has 0 atom stereocenters. The lowest BCUT2D eigenvalue weighted by Gasteiger charge is -2.19. The molecule has 1 N–H and O–H groups in total. The van der Waals surface area contributed by atoms with E-state index in [9.17, 15) is 4.79 Å². The molecule has 72 valence electrons. The van der Waals surface area contributed by atoms with Gasteiger partial charge in [-0.3, -0.25) is 4.72 Å². The van der Waals surface area contributed by atoms with Gasteiger partial charge in [-0.15, -0.1) is 24.6 Å². The molecule has 0 unspecified atom stereocenters. The molecule has 0 bridgehead atoms. The summed E-state index contributed by atoms with van der Waals surface area (Å²) in [6.45, 7) is 5.40. The molecule has 0 aliphatic heterocycles. The van der Waals surface area contributed by atoms with Crippen LogP contribution in [-0.4, -0.2) is 15.2 Å². The molecule has 0 rings (SSSR count). The van der Waals surface area contributed by atoms with Gasteiger partial charge in [-0.05, 0) is 20.8 Å². The third kappa shape index (κ3) is 8.16. The van der Waals surface area contributed by atoms with E-state index < -0.39 is 11.7 Å². The van der Waals surface area contributed by atoms with E-state index in [1.807, 2.05) is 0 Å². The molecule has 0 aliphatic carbocycles. The summed E-state index contributed by atoms with van der Waals surface area (Å²) in [5.74, 6) is 0. The van der Waals surface area contributed by atoms with Crippen molar-refractivity contribution in [3.8, 4) is 0 Å². The number of ether oxygens (including phenoxy) is 1. The van der Waals surface area contributed by atoms with Gasteiger partial charge in [0.05, 0.1) is 3.53 Å². The van der Waals surface area contributed by atoms with Crippen LogP contribution in [-0.2, 0) is 4.74 Å². The third-order valence-electron chi connectivity index (χ3n) is 0.670. The summed E-state index contributed by atoms with van der Waals surface area (Å²) < 4.78 is 7.90. The van der Waals surface area contributed by atoms with Gasteiger partial charge in [0, 0.05) is 0 Å². The molecule has 0 saturated carbocycles. The van der Waals surface area contributed by atoms with E-state index in [1.165, 1.54) is 0 Å². The molecule has 0 radical (unpaired) electrons. The zero-order chi connectivity index (χ0) is 9.78. The summed E-state index contributed by atoms with van der Waals surface area (Å²) in [6, 6.07) is 0. The van der Waals surface area contributed by atoms with Crippen molar-refractivity contribution in [1.29, 1.82) is 0 Å². The van der Waals surface area contributed by atoms with Crippen molar-refractivity contribution >= 4 is 46.4 Å². The first-order chi connectivity index (χ1) is 5.31. The fraction of sp³-hybridized carbons (Fsp3) is 0.667. The largest absolute Gasteiger partial charge is 0.443 e. The molecule has 0 aromatic heterocycles. The molecule has 0 heterocycles. The fourth-order valence-electron chi connectivity index (χ4n) is 0.408. The highest BCUT2D eigenvalue weighted by atomic mass is 32.2. The smallest absolute Gasteiger partial charge is 0.416 e. The second-order valence-corrected chi connectivity index (χ2v) is 6.00. The van der Waals surface area contributed by atoms with Crippen LogP contribution in [0.25, 0.3) is 0 Å². The molecule has 0 spiro atoms. The first kappa shape index (κ1) is 12.1. The van der Waals surface area contributed by atoms with Gasteiger partial charge >= 0.3 is 6.09 Å². The van der Waals surface area contributed by atoms with E-state index >= 15 is 0 Å². The monoisotopic (exact) mass is 227 g/mol. The Morgan fingerprint density at radius 1 is 1.58 bits per heavy atom. The van der Waals surface area contributed by atoms with Crippen LogP contribution in [0.4, 0.5) is 4.79 Å². The number of hydrogen-bond donors (Lipinski definition) is 2. The summed E-state index contributed by atoms with van der Waals surface area (Å²) in [5, 5.41) is 0. The molecule has 0 aliphatic rings. The lowest BCUT2D eigenvalue weighted by Crippen LogP contribution is -2.29. The normalized spacial score (nSPS) is 12.3. The number of thiol groups is 1. The van der Waals surface area contributed by atoms with Gasteiger partial charge in [-0.2, -0.15) is 0 Å². The fourth-order valence-corrected chi connectivity index (χ4v) is 0.989. The van der Waals surface area contributed by atoms with Gasteiger partial charge < -0.3 is 4.74 Å². The van der Waals surface area contributed by atoms with Gasteiger partial charge in [0.1, 0.15) is 5.60 Å². The van der Waals surface area contributed by atoms with E-state index in [-0.39, 0.29) is 11.9 Å². The van der Waals surface area contributed by atoms with Crippen LogP contribution in [0.1, 0.15) is 20.8 Å². The van der Waals surface area contributed by atoms with Crippen LogP contribution in [0, 0.1) is 0 Å². The predicted molar refractivity (Wildman–Crippen MR) is 61.3 cm³/mol. The molecule has 0 saturated heterocycles. The molecular weight excluding hydrogens is 214 g/mol. The molecular formula is C6H13NO2S3. The molecule has 1 amide bonds. The zero-order valence-corrected chi connectivity index (χ0v) is 9.88. The second kappa shape index (κ2) is 4.94. The lowest BCUT2D eigenvalue weighted by atomic mass is 10.2.